The van der Waals surface area contributed by atoms with Crippen LogP contribution in [0.2, 0.25) is 0 Å². The Kier molecular flexibility index (Phi) is 1.21. The van der Waals surface area contributed by atoms with Crippen LogP contribution in [0.15, 0.2) is 12.1 Å². The summed E-state index contributed by atoms with van der Waals surface area (Å²) < 4.78 is 1.21. The van der Waals surface area contributed by atoms with Gasteiger partial charge in [0.25, 0.3) is 0 Å². The van der Waals surface area contributed by atoms with Crippen molar-refractivity contribution in [2.24, 2.45) is 0 Å². The van der Waals surface area contributed by atoms with Gasteiger partial charge in [-0.05, 0) is 12.1 Å². The van der Waals surface area contributed by atoms with Gasteiger partial charge in [-0.25, -0.2) is 0 Å². The Balaban J connectivity index is 2.56. The minimum absolute atomic E-state index is 0.841. The molecule has 0 bridgehead atoms. The fourth-order valence-electron chi connectivity index (χ4n) is 1.50. The summed E-state index contributed by atoms with van der Waals surface area (Å²) in [6.07, 6.45) is 0. The minimum Gasteiger partial charge on any atom is -0.391 e. The zero-order valence-electron chi connectivity index (χ0n) is 6.63. The Labute approximate surface area is 82.0 Å². The highest BCUT2D eigenvalue weighted by atomic mass is 32.1. The molecule has 0 atom stereocenters. The van der Waals surface area contributed by atoms with Gasteiger partial charge in [0.2, 0.25) is 0 Å². The lowest BCUT2D eigenvalue weighted by atomic mass is 10.4. The molecule has 0 spiro atoms. The standard InChI is InChI=1S/C8H7N3S2/c9-5-1-3-7-4(2-6(10)12-7)11-8(3)13-5/h1-2,11H,9-10H2. The van der Waals surface area contributed by atoms with Crippen LogP contribution in [-0.2, 0) is 0 Å². The number of aromatic amines is 1. The Morgan fingerprint density at radius 1 is 1.08 bits per heavy atom. The molecule has 0 unspecified atom stereocenters. The number of fused-ring (bicyclic) bond motifs is 3. The third-order valence-corrected chi connectivity index (χ3v) is 3.87. The monoisotopic (exact) mass is 209 g/mol. The second kappa shape index (κ2) is 2.18. The second-order valence-corrected chi connectivity index (χ2v) is 5.08. The largest absolute Gasteiger partial charge is 0.391 e. The summed E-state index contributed by atoms with van der Waals surface area (Å²) in [5.74, 6) is 0. The molecule has 5 N–H and O–H groups in total. The summed E-state index contributed by atoms with van der Waals surface area (Å²) in [4.78, 5) is 4.43. The third-order valence-electron chi connectivity index (χ3n) is 2.00. The molecule has 0 aromatic carbocycles. The molecule has 0 fully saturated rings. The maximum atomic E-state index is 5.70. The average Bonchev–Trinajstić information content (AvgIpc) is 2.60. The highest BCUT2D eigenvalue weighted by Gasteiger charge is 2.09. The first-order valence-electron chi connectivity index (χ1n) is 3.80. The molecule has 3 aromatic heterocycles. The van der Waals surface area contributed by atoms with Crippen molar-refractivity contribution in [2.75, 3.05) is 11.5 Å². The van der Waals surface area contributed by atoms with E-state index >= 15 is 0 Å². The molecule has 0 amide bonds. The number of nitrogens with two attached hydrogens (primary N) is 2. The van der Waals surface area contributed by atoms with Crippen molar-refractivity contribution >= 4 is 53.1 Å². The number of nitrogen functional groups attached to an aromatic ring is 2. The molecule has 3 nitrogen and oxygen atoms in total. The van der Waals surface area contributed by atoms with E-state index in [1.165, 1.54) is 10.1 Å². The number of hydrogen-bond acceptors (Lipinski definition) is 4. The number of nitrogens with one attached hydrogen (secondary N) is 1. The molecular weight excluding hydrogens is 202 g/mol. The van der Waals surface area contributed by atoms with Gasteiger partial charge in [-0.1, -0.05) is 0 Å². The van der Waals surface area contributed by atoms with E-state index in [0.717, 1.165) is 20.3 Å². The Morgan fingerprint density at radius 2 is 1.85 bits per heavy atom. The van der Waals surface area contributed by atoms with E-state index in [4.69, 9.17) is 11.5 Å². The maximum absolute atomic E-state index is 5.70. The molecule has 0 saturated heterocycles. The smallest absolute Gasteiger partial charge is 0.104 e. The molecule has 3 aromatic rings. The van der Waals surface area contributed by atoms with Crippen molar-refractivity contribution in [3.63, 3.8) is 0 Å². The van der Waals surface area contributed by atoms with Crippen molar-refractivity contribution in [2.45, 2.75) is 0 Å². The fraction of sp³-hybridized carbons (Fsp3) is 0. The predicted molar refractivity (Wildman–Crippen MR) is 60.4 cm³/mol. The molecule has 66 valence electrons. The molecule has 0 radical (unpaired) electrons. The average molecular weight is 209 g/mol. The summed E-state index contributed by atoms with van der Waals surface area (Å²) in [7, 11) is 0. The number of rotatable bonds is 0. The van der Waals surface area contributed by atoms with E-state index in [1.54, 1.807) is 22.7 Å². The van der Waals surface area contributed by atoms with Crippen molar-refractivity contribution < 1.29 is 0 Å². The lowest BCUT2D eigenvalue weighted by molar-refractivity contribution is 1.60. The number of thiophene rings is 2. The van der Waals surface area contributed by atoms with Gasteiger partial charge in [0.1, 0.15) is 4.83 Å². The van der Waals surface area contributed by atoms with Crippen LogP contribution in [0.3, 0.4) is 0 Å². The van der Waals surface area contributed by atoms with Crippen molar-refractivity contribution in [3.05, 3.63) is 12.1 Å². The summed E-state index contributed by atoms with van der Waals surface area (Å²) in [5.41, 5.74) is 12.5. The van der Waals surface area contributed by atoms with Crippen LogP contribution >= 0.6 is 22.7 Å². The zero-order valence-corrected chi connectivity index (χ0v) is 8.26. The molecule has 0 aliphatic carbocycles. The first kappa shape index (κ1) is 7.23. The van der Waals surface area contributed by atoms with E-state index < -0.39 is 0 Å². The van der Waals surface area contributed by atoms with Gasteiger partial charge in [0.05, 0.1) is 20.2 Å². The molecule has 3 rings (SSSR count). The van der Waals surface area contributed by atoms with Gasteiger partial charge in [0.15, 0.2) is 0 Å². The lowest BCUT2D eigenvalue weighted by Crippen LogP contribution is -1.73. The highest BCUT2D eigenvalue weighted by Crippen LogP contribution is 2.38. The molecule has 13 heavy (non-hydrogen) atoms. The number of aromatic nitrogens is 1. The lowest BCUT2D eigenvalue weighted by Gasteiger charge is -1.76. The van der Waals surface area contributed by atoms with Gasteiger partial charge < -0.3 is 16.5 Å². The highest BCUT2D eigenvalue weighted by molar-refractivity contribution is 7.26. The summed E-state index contributed by atoms with van der Waals surface area (Å²) in [6.45, 7) is 0. The normalized spacial score (nSPS) is 11.7. The zero-order chi connectivity index (χ0) is 9.00. The number of hydrogen-bond donors (Lipinski definition) is 3. The van der Waals surface area contributed by atoms with E-state index in [-0.39, 0.29) is 0 Å². The van der Waals surface area contributed by atoms with Gasteiger partial charge in [-0.3, -0.25) is 0 Å². The third kappa shape index (κ3) is 0.882. The van der Waals surface area contributed by atoms with E-state index in [2.05, 4.69) is 4.98 Å². The second-order valence-electron chi connectivity index (χ2n) is 2.91. The van der Waals surface area contributed by atoms with Gasteiger partial charge in [-0.15, -0.1) is 22.7 Å². The molecule has 0 aliphatic heterocycles. The van der Waals surface area contributed by atoms with E-state index in [0.29, 0.717) is 0 Å². The first-order valence-corrected chi connectivity index (χ1v) is 5.43. The molecule has 3 heterocycles. The van der Waals surface area contributed by atoms with Crippen LogP contribution < -0.4 is 11.5 Å². The number of H-pyrrole nitrogens is 1. The summed E-state index contributed by atoms with van der Waals surface area (Å²) in [5, 5.41) is 2.88. The number of anilines is 2. The van der Waals surface area contributed by atoms with E-state index in [9.17, 15) is 0 Å². The molecule has 0 saturated carbocycles. The quantitative estimate of drug-likeness (QED) is 0.532. The van der Waals surface area contributed by atoms with Crippen LogP contribution in [0, 0.1) is 0 Å². The van der Waals surface area contributed by atoms with Gasteiger partial charge in [0, 0.05) is 5.39 Å². The Hall–Kier alpha value is -1.20. The van der Waals surface area contributed by atoms with Crippen molar-refractivity contribution in [1.82, 2.24) is 4.98 Å². The van der Waals surface area contributed by atoms with Crippen LogP contribution in [0.4, 0.5) is 10.0 Å². The molecule has 0 aliphatic rings. The fourth-order valence-corrected chi connectivity index (χ4v) is 3.31. The molecular formula is C8H7N3S2. The van der Waals surface area contributed by atoms with E-state index in [1.807, 2.05) is 12.1 Å². The topological polar surface area (TPSA) is 67.8 Å². The van der Waals surface area contributed by atoms with Crippen LogP contribution in [-0.4, -0.2) is 4.98 Å². The SMILES string of the molecule is Nc1cc2c([nH]c3cc(N)sc32)s1. The van der Waals surface area contributed by atoms with Crippen LogP contribution in [0.25, 0.3) is 20.4 Å². The molecule has 5 heteroatoms. The maximum Gasteiger partial charge on any atom is 0.104 e. The van der Waals surface area contributed by atoms with Crippen molar-refractivity contribution in [3.8, 4) is 0 Å². The van der Waals surface area contributed by atoms with Crippen LogP contribution in [0.5, 0.6) is 0 Å². The van der Waals surface area contributed by atoms with Gasteiger partial charge in [-0.2, -0.15) is 0 Å². The predicted octanol–water partition coefficient (Wildman–Crippen LogP) is 2.61. The van der Waals surface area contributed by atoms with Crippen molar-refractivity contribution in [1.29, 1.82) is 0 Å². The summed E-state index contributed by atoms with van der Waals surface area (Å²) in [6, 6.07) is 3.96. The minimum atomic E-state index is 0.841. The first-order chi connectivity index (χ1) is 6.24. The van der Waals surface area contributed by atoms with Crippen LogP contribution in [0.1, 0.15) is 0 Å². The van der Waals surface area contributed by atoms with Gasteiger partial charge >= 0.3 is 0 Å². The Morgan fingerprint density at radius 3 is 2.69 bits per heavy atom. The summed E-state index contributed by atoms with van der Waals surface area (Å²) >= 11 is 3.18. The Bertz CT molecular complexity index is 536.